The van der Waals surface area contributed by atoms with Crippen molar-refractivity contribution in [2.45, 2.75) is 53.5 Å². The summed E-state index contributed by atoms with van der Waals surface area (Å²) < 4.78 is 7.82. The molecule has 1 atom stereocenters. The molecule has 3 heterocycles. The lowest BCUT2D eigenvalue weighted by Gasteiger charge is -2.28. The molecule has 0 radical (unpaired) electrons. The molecular weight excluding hydrogens is 480 g/mol. The van der Waals surface area contributed by atoms with E-state index in [1.165, 1.54) is 0 Å². The number of ether oxygens (including phenoxy) is 1. The van der Waals surface area contributed by atoms with Gasteiger partial charge >= 0.3 is 0 Å². The first-order valence-electron chi connectivity index (χ1n) is 13.5. The Balaban J connectivity index is 1.84. The van der Waals surface area contributed by atoms with Crippen molar-refractivity contribution in [2.75, 3.05) is 32.8 Å². The number of benzene rings is 1. The number of nitrogens with zero attached hydrogens (tertiary/aromatic N) is 4. The molecule has 1 saturated heterocycles. The quantitative estimate of drug-likeness (QED) is 0.168. The van der Waals surface area contributed by atoms with Crippen molar-refractivity contribution < 1.29 is 19.4 Å². The van der Waals surface area contributed by atoms with Gasteiger partial charge in [-0.05, 0) is 62.7 Å². The van der Waals surface area contributed by atoms with E-state index in [-0.39, 0.29) is 11.3 Å². The van der Waals surface area contributed by atoms with Crippen LogP contribution in [0.5, 0.6) is 5.75 Å². The number of likely N-dealkylation sites (tertiary alicyclic amines) is 1. The number of ketones is 1. The van der Waals surface area contributed by atoms with Crippen LogP contribution in [0.25, 0.3) is 11.4 Å². The Morgan fingerprint density at radius 1 is 1.11 bits per heavy atom. The maximum absolute atomic E-state index is 13.5. The normalized spacial score (nSPS) is 17.2. The van der Waals surface area contributed by atoms with E-state index in [1.807, 2.05) is 60.8 Å². The van der Waals surface area contributed by atoms with Crippen molar-refractivity contribution in [3.63, 3.8) is 0 Å². The third kappa shape index (κ3) is 5.18. The number of carbonyl (C=O) groups is 2. The zero-order valence-electron chi connectivity index (χ0n) is 23.0. The van der Waals surface area contributed by atoms with E-state index >= 15 is 0 Å². The van der Waals surface area contributed by atoms with E-state index in [1.54, 1.807) is 4.90 Å². The zero-order chi connectivity index (χ0) is 27.4. The van der Waals surface area contributed by atoms with Gasteiger partial charge in [-0.15, -0.1) is 0 Å². The lowest BCUT2D eigenvalue weighted by molar-refractivity contribution is -0.140. The lowest BCUT2D eigenvalue weighted by Crippen LogP contribution is -2.38. The minimum absolute atomic E-state index is 0.0596. The van der Waals surface area contributed by atoms with Crippen molar-refractivity contribution in [1.82, 2.24) is 19.2 Å². The van der Waals surface area contributed by atoms with Crippen LogP contribution in [0.15, 0.2) is 48.2 Å². The Kier molecular flexibility index (Phi) is 8.52. The van der Waals surface area contributed by atoms with E-state index in [4.69, 9.17) is 4.74 Å². The van der Waals surface area contributed by atoms with E-state index in [9.17, 15) is 14.7 Å². The number of aliphatic hydroxyl groups is 1. The summed E-state index contributed by atoms with van der Waals surface area (Å²) in [6.07, 6.45) is 3.82. The molecule has 1 aromatic carbocycles. The van der Waals surface area contributed by atoms with Crippen LogP contribution in [0.3, 0.4) is 0 Å². The van der Waals surface area contributed by atoms with Gasteiger partial charge < -0.3 is 24.0 Å². The highest BCUT2D eigenvalue weighted by Crippen LogP contribution is 2.40. The summed E-state index contributed by atoms with van der Waals surface area (Å²) in [6.45, 7) is 13.3. The zero-order valence-corrected chi connectivity index (χ0v) is 23.0. The second-order valence-electron chi connectivity index (χ2n) is 9.72. The SMILES string of the molecule is CCCCOc1cccc(C2/C(=C(\O)c3nc4c(C)cccn4c3C)C(=O)C(=O)N2CCN(CC)CC)c1. The smallest absolute Gasteiger partial charge is 0.295 e. The molecule has 1 amide bonds. The minimum Gasteiger partial charge on any atom is -0.505 e. The van der Waals surface area contributed by atoms with E-state index in [0.29, 0.717) is 42.5 Å². The van der Waals surface area contributed by atoms with Crippen LogP contribution in [0.4, 0.5) is 0 Å². The topological polar surface area (TPSA) is 87.4 Å². The third-order valence-corrected chi connectivity index (χ3v) is 7.34. The molecule has 8 nitrogen and oxygen atoms in total. The van der Waals surface area contributed by atoms with Crippen LogP contribution in [0, 0.1) is 13.8 Å². The summed E-state index contributed by atoms with van der Waals surface area (Å²) in [5.74, 6) is -0.891. The fraction of sp³-hybridized carbons (Fsp3) is 0.433. The molecule has 0 aliphatic carbocycles. The van der Waals surface area contributed by atoms with Gasteiger partial charge in [-0.2, -0.15) is 0 Å². The van der Waals surface area contributed by atoms with Crippen LogP contribution >= 0.6 is 0 Å². The average Bonchev–Trinajstić information content (AvgIpc) is 3.39. The summed E-state index contributed by atoms with van der Waals surface area (Å²) >= 11 is 0. The van der Waals surface area contributed by atoms with Crippen LogP contribution in [-0.4, -0.2) is 68.8 Å². The van der Waals surface area contributed by atoms with Crippen LogP contribution in [-0.2, 0) is 9.59 Å². The first kappa shape index (κ1) is 27.4. The number of fused-ring (bicyclic) bond motifs is 1. The van der Waals surface area contributed by atoms with Gasteiger partial charge in [0.05, 0.1) is 23.9 Å². The highest BCUT2D eigenvalue weighted by Gasteiger charge is 2.46. The van der Waals surface area contributed by atoms with Crippen LogP contribution < -0.4 is 4.74 Å². The number of rotatable bonds is 11. The van der Waals surface area contributed by atoms with Crippen LogP contribution in [0.1, 0.15) is 62.2 Å². The molecule has 38 heavy (non-hydrogen) atoms. The molecule has 1 aliphatic heterocycles. The summed E-state index contributed by atoms with van der Waals surface area (Å²) in [4.78, 5) is 35.3. The molecule has 1 fully saturated rings. The monoisotopic (exact) mass is 518 g/mol. The molecular formula is C30H38N4O4. The summed E-state index contributed by atoms with van der Waals surface area (Å²) in [6, 6.07) is 10.6. The predicted octanol–water partition coefficient (Wildman–Crippen LogP) is 4.89. The highest BCUT2D eigenvalue weighted by atomic mass is 16.5. The molecule has 0 saturated carbocycles. The predicted molar refractivity (Wildman–Crippen MR) is 148 cm³/mol. The fourth-order valence-electron chi connectivity index (χ4n) is 5.03. The average molecular weight is 519 g/mol. The molecule has 1 N–H and O–H groups in total. The molecule has 1 aliphatic rings. The van der Waals surface area contributed by atoms with E-state index in [2.05, 4.69) is 30.7 Å². The van der Waals surface area contributed by atoms with Crippen molar-refractivity contribution in [1.29, 1.82) is 0 Å². The number of imidazole rings is 1. The summed E-state index contributed by atoms with van der Waals surface area (Å²) in [5.41, 5.74) is 3.43. The van der Waals surface area contributed by atoms with Crippen LogP contribution in [0.2, 0.25) is 0 Å². The van der Waals surface area contributed by atoms with Gasteiger partial charge in [0, 0.05) is 19.3 Å². The Bertz CT molecular complexity index is 1360. The van der Waals surface area contributed by atoms with E-state index in [0.717, 1.165) is 37.1 Å². The minimum atomic E-state index is -0.745. The number of likely N-dealkylation sites (N-methyl/N-ethyl adjacent to an activating group) is 1. The number of hydrogen-bond donors (Lipinski definition) is 1. The van der Waals surface area contributed by atoms with Gasteiger partial charge in [-0.25, -0.2) is 4.98 Å². The molecule has 0 spiro atoms. The largest absolute Gasteiger partial charge is 0.505 e. The molecule has 2 aromatic heterocycles. The maximum atomic E-state index is 13.5. The number of carbonyl (C=O) groups excluding carboxylic acids is 2. The number of pyridine rings is 1. The van der Waals surface area contributed by atoms with Gasteiger partial charge in [0.15, 0.2) is 5.76 Å². The Hall–Kier alpha value is -3.65. The molecule has 3 aromatic rings. The van der Waals surface area contributed by atoms with Crippen molar-refractivity contribution in [3.05, 3.63) is 70.7 Å². The molecule has 1 unspecified atom stereocenters. The molecule has 202 valence electrons. The standard InChI is InChI=1S/C30H38N4O4/c1-6-9-18-38-23-14-10-13-22(19-23)26-24(28(36)30(37)34(26)17-16-32(7-2)8-3)27(35)25-21(5)33-15-11-12-20(4)29(33)31-25/h10-15,19,26,35H,6-9,16-18H2,1-5H3/b27-24+. The molecule has 4 rings (SSSR count). The number of aryl methyl sites for hydroxylation is 2. The Labute approximate surface area is 224 Å². The fourth-order valence-corrected chi connectivity index (χ4v) is 5.03. The third-order valence-electron chi connectivity index (χ3n) is 7.34. The first-order chi connectivity index (χ1) is 18.3. The van der Waals surface area contributed by atoms with Crippen molar-refractivity contribution in [2.24, 2.45) is 0 Å². The second kappa shape index (κ2) is 11.8. The maximum Gasteiger partial charge on any atom is 0.295 e. The Morgan fingerprint density at radius 2 is 1.87 bits per heavy atom. The number of aliphatic hydroxyl groups excluding tert-OH is 1. The first-order valence-corrected chi connectivity index (χ1v) is 13.5. The van der Waals surface area contributed by atoms with E-state index < -0.39 is 17.7 Å². The van der Waals surface area contributed by atoms with Gasteiger partial charge in [0.1, 0.15) is 17.1 Å². The van der Waals surface area contributed by atoms with Crippen molar-refractivity contribution in [3.8, 4) is 5.75 Å². The van der Waals surface area contributed by atoms with Gasteiger partial charge in [-0.1, -0.05) is 45.4 Å². The molecule has 0 bridgehead atoms. The molecule has 8 heteroatoms. The number of aromatic nitrogens is 2. The van der Waals surface area contributed by atoms with Gasteiger partial charge in [-0.3, -0.25) is 9.59 Å². The summed E-state index contributed by atoms with van der Waals surface area (Å²) in [7, 11) is 0. The number of Topliss-reactive ketones (excluding diaryl/α,β-unsaturated/α-hetero) is 1. The summed E-state index contributed by atoms with van der Waals surface area (Å²) in [5, 5.41) is 11.6. The second-order valence-corrected chi connectivity index (χ2v) is 9.72. The van der Waals surface area contributed by atoms with Gasteiger partial charge in [0.25, 0.3) is 11.7 Å². The highest BCUT2D eigenvalue weighted by molar-refractivity contribution is 6.46. The Morgan fingerprint density at radius 3 is 2.55 bits per heavy atom. The van der Waals surface area contributed by atoms with Gasteiger partial charge in [0.2, 0.25) is 0 Å². The lowest BCUT2D eigenvalue weighted by atomic mass is 9.96. The number of amides is 1. The van der Waals surface area contributed by atoms with Crippen molar-refractivity contribution >= 4 is 23.1 Å². The number of unbranched alkanes of at least 4 members (excludes halogenated alkanes) is 1. The number of hydrogen-bond acceptors (Lipinski definition) is 6.